The first-order valence-electron chi connectivity index (χ1n) is 11.0. The second-order valence-corrected chi connectivity index (χ2v) is 8.84. The second-order valence-electron chi connectivity index (χ2n) is 7.98. The minimum Gasteiger partial charge on any atom is -0.496 e. The third-order valence-corrected chi connectivity index (χ3v) is 6.56. The number of aliphatic hydroxyl groups excluding tert-OH is 1. The van der Waals surface area contributed by atoms with Crippen LogP contribution in [0, 0.1) is 0 Å². The summed E-state index contributed by atoms with van der Waals surface area (Å²) in [6.45, 7) is 5.28. The summed E-state index contributed by atoms with van der Waals surface area (Å²) in [5.74, 6) is 2.00. The highest BCUT2D eigenvalue weighted by atomic mass is 79.9. The number of methoxy groups -OCH3 is 1. The average molecular weight is 508 g/mol. The lowest BCUT2D eigenvalue weighted by Gasteiger charge is -2.35. The molecule has 2 aromatic rings. The zero-order valence-corrected chi connectivity index (χ0v) is 20.1. The quantitative estimate of drug-likeness (QED) is 0.566. The molecule has 2 N–H and O–H groups in total. The number of carbonyl (C=O) groups excluding carboxylic acids is 1. The SMILES string of the molecule is CCN1CN(CCO)c2nc(NC3CCOCC3)n(Cc3ccc(OC)c(Br)c3)c2C1=O. The van der Waals surface area contributed by atoms with Gasteiger partial charge in [-0.05, 0) is 53.4 Å². The van der Waals surface area contributed by atoms with Crippen molar-refractivity contribution < 1.29 is 19.4 Å². The van der Waals surface area contributed by atoms with Crippen molar-refractivity contribution in [2.75, 3.05) is 56.9 Å². The van der Waals surface area contributed by atoms with E-state index >= 15 is 0 Å². The van der Waals surface area contributed by atoms with Gasteiger partial charge in [0.1, 0.15) is 5.75 Å². The van der Waals surface area contributed by atoms with E-state index in [2.05, 4.69) is 21.2 Å². The zero-order chi connectivity index (χ0) is 22.7. The lowest BCUT2D eigenvalue weighted by Crippen LogP contribution is -2.48. The Kier molecular flexibility index (Phi) is 7.22. The molecular weight excluding hydrogens is 478 g/mol. The molecule has 1 aromatic heterocycles. The van der Waals surface area contributed by atoms with Gasteiger partial charge in [0.2, 0.25) is 5.95 Å². The van der Waals surface area contributed by atoms with Crippen molar-refractivity contribution in [2.45, 2.75) is 32.4 Å². The molecule has 1 aromatic carbocycles. The number of nitrogens with zero attached hydrogens (tertiary/aromatic N) is 4. The number of aliphatic hydroxyl groups is 1. The largest absolute Gasteiger partial charge is 0.496 e. The van der Waals surface area contributed by atoms with Gasteiger partial charge in [-0.3, -0.25) is 9.36 Å². The molecule has 2 aliphatic heterocycles. The number of imidazole rings is 1. The average Bonchev–Trinajstić information content (AvgIpc) is 3.15. The maximum Gasteiger partial charge on any atom is 0.275 e. The Morgan fingerprint density at radius 1 is 1.31 bits per heavy atom. The summed E-state index contributed by atoms with van der Waals surface area (Å²) in [5, 5.41) is 13.2. The number of β-amino-alcohol motifs (C(OH)–C–C–N with tert-alkyl or cyclic N) is 1. The molecule has 1 amide bonds. The molecule has 1 saturated heterocycles. The topological polar surface area (TPSA) is 92.1 Å². The number of carbonyl (C=O) groups is 1. The van der Waals surface area contributed by atoms with Crippen LogP contribution in [0.5, 0.6) is 5.75 Å². The van der Waals surface area contributed by atoms with E-state index in [-0.39, 0.29) is 18.6 Å². The summed E-state index contributed by atoms with van der Waals surface area (Å²) in [6.07, 6.45) is 1.78. The number of nitrogens with one attached hydrogen (secondary N) is 1. The van der Waals surface area contributed by atoms with E-state index in [1.165, 1.54) is 0 Å². The van der Waals surface area contributed by atoms with Crippen LogP contribution in [0.15, 0.2) is 22.7 Å². The van der Waals surface area contributed by atoms with E-state index in [1.54, 1.807) is 12.0 Å². The fourth-order valence-corrected chi connectivity index (χ4v) is 4.77. The molecule has 9 nitrogen and oxygen atoms in total. The number of fused-ring (bicyclic) bond motifs is 1. The minimum atomic E-state index is -0.0446. The van der Waals surface area contributed by atoms with Gasteiger partial charge in [-0.1, -0.05) is 6.07 Å². The Morgan fingerprint density at radius 2 is 2.09 bits per heavy atom. The van der Waals surface area contributed by atoms with Crippen molar-refractivity contribution in [3.63, 3.8) is 0 Å². The van der Waals surface area contributed by atoms with E-state index in [1.807, 2.05) is 34.6 Å². The maximum atomic E-state index is 13.4. The van der Waals surface area contributed by atoms with Crippen molar-refractivity contribution >= 4 is 33.6 Å². The number of rotatable bonds is 8. The van der Waals surface area contributed by atoms with Crippen LogP contribution in [0.1, 0.15) is 35.8 Å². The standard InChI is InChI=1S/C22H30BrN5O4/c1-3-26-14-27(8-9-29)20-19(21(26)30)28(13-15-4-5-18(31-2)17(23)12-15)22(25-20)24-16-6-10-32-11-7-16/h4-5,12,16,29H,3,6-11,13-14H2,1-2H3,(H,24,25). The van der Waals surface area contributed by atoms with Gasteiger partial charge >= 0.3 is 0 Å². The third-order valence-electron chi connectivity index (χ3n) is 5.94. The maximum absolute atomic E-state index is 13.4. The number of amides is 1. The van der Waals surface area contributed by atoms with Crippen molar-refractivity contribution in [3.8, 4) is 5.75 Å². The zero-order valence-electron chi connectivity index (χ0n) is 18.5. The molecule has 174 valence electrons. The Morgan fingerprint density at radius 3 is 2.75 bits per heavy atom. The number of hydrogen-bond acceptors (Lipinski definition) is 7. The molecule has 0 atom stereocenters. The normalized spacial score (nSPS) is 16.9. The summed E-state index contributed by atoms with van der Waals surface area (Å²) in [7, 11) is 1.63. The number of anilines is 2. The van der Waals surface area contributed by atoms with Crippen LogP contribution < -0.4 is 15.0 Å². The molecule has 32 heavy (non-hydrogen) atoms. The third kappa shape index (κ3) is 4.57. The highest BCUT2D eigenvalue weighted by Crippen LogP contribution is 2.33. The number of halogens is 1. The fourth-order valence-electron chi connectivity index (χ4n) is 4.18. The highest BCUT2D eigenvalue weighted by Gasteiger charge is 2.35. The molecule has 0 spiro atoms. The van der Waals surface area contributed by atoms with E-state index in [0.29, 0.717) is 57.0 Å². The Balaban J connectivity index is 1.76. The second kappa shape index (κ2) is 10.1. The van der Waals surface area contributed by atoms with Crippen LogP contribution in [-0.2, 0) is 11.3 Å². The van der Waals surface area contributed by atoms with E-state index in [4.69, 9.17) is 14.5 Å². The van der Waals surface area contributed by atoms with Gasteiger partial charge in [0.05, 0.1) is 31.4 Å². The van der Waals surface area contributed by atoms with Gasteiger partial charge in [0, 0.05) is 32.3 Å². The van der Waals surface area contributed by atoms with Gasteiger partial charge < -0.3 is 29.7 Å². The van der Waals surface area contributed by atoms with Gasteiger partial charge in [-0.25, -0.2) is 0 Å². The Bertz CT molecular complexity index is 960. The number of hydrogen-bond donors (Lipinski definition) is 2. The molecule has 4 rings (SSSR count). The molecule has 3 heterocycles. The molecule has 2 aliphatic rings. The minimum absolute atomic E-state index is 0.00774. The lowest BCUT2D eigenvalue weighted by molar-refractivity contribution is 0.0736. The van der Waals surface area contributed by atoms with Crippen LogP contribution in [0.3, 0.4) is 0 Å². The van der Waals surface area contributed by atoms with Crippen molar-refractivity contribution in [3.05, 3.63) is 33.9 Å². The summed E-state index contributed by atoms with van der Waals surface area (Å²) in [6, 6.07) is 6.13. The first-order valence-corrected chi connectivity index (χ1v) is 11.8. The smallest absolute Gasteiger partial charge is 0.275 e. The van der Waals surface area contributed by atoms with Crippen LogP contribution in [-0.4, -0.2) is 78.2 Å². The number of ether oxygens (including phenoxy) is 2. The lowest BCUT2D eigenvalue weighted by atomic mass is 10.1. The van der Waals surface area contributed by atoms with E-state index in [9.17, 15) is 9.90 Å². The van der Waals surface area contributed by atoms with Crippen LogP contribution in [0.2, 0.25) is 0 Å². The van der Waals surface area contributed by atoms with E-state index < -0.39 is 0 Å². The summed E-state index contributed by atoms with van der Waals surface area (Å²) < 4.78 is 13.7. The monoisotopic (exact) mass is 507 g/mol. The number of aromatic nitrogens is 2. The summed E-state index contributed by atoms with van der Waals surface area (Å²) in [5.41, 5.74) is 1.57. The summed E-state index contributed by atoms with van der Waals surface area (Å²) in [4.78, 5) is 22.0. The van der Waals surface area contributed by atoms with E-state index in [0.717, 1.165) is 28.6 Å². The highest BCUT2D eigenvalue weighted by molar-refractivity contribution is 9.10. The van der Waals surface area contributed by atoms with Crippen LogP contribution >= 0.6 is 15.9 Å². The predicted octanol–water partition coefficient (Wildman–Crippen LogP) is 2.53. The van der Waals surface area contributed by atoms with Crippen LogP contribution in [0.4, 0.5) is 11.8 Å². The molecule has 0 bridgehead atoms. The molecule has 0 radical (unpaired) electrons. The van der Waals surface area contributed by atoms with Crippen molar-refractivity contribution in [1.82, 2.24) is 14.5 Å². The molecular formula is C22H30BrN5O4. The van der Waals surface area contributed by atoms with Crippen LogP contribution in [0.25, 0.3) is 0 Å². The predicted molar refractivity (Wildman–Crippen MR) is 125 cm³/mol. The summed E-state index contributed by atoms with van der Waals surface area (Å²) >= 11 is 3.56. The van der Waals surface area contributed by atoms with Crippen molar-refractivity contribution in [1.29, 1.82) is 0 Å². The number of benzene rings is 1. The molecule has 1 fully saturated rings. The van der Waals surface area contributed by atoms with Gasteiger partial charge in [0.15, 0.2) is 11.5 Å². The van der Waals surface area contributed by atoms with Crippen molar-refractivity contribution in [2.24, 2.45) is 0 Å². The molecule has 0 unspecified atom stereocenters. The van der Waals surface area contributed by atoms with Gasteiger partial charge in [-0.15, -0.1) is 0 Å². The molecule has 0 aliphatic carbocycles. The van der Waals surface area contributed by atoms with Gasteiger partial charge in [-0.2, -0.15) is 4.98 Å². The first kappa shape index (κ1) is 22.9. The Labute approximate surface area is 196 Å². The van der Waals surface area contributed by atoms with Gasteiger partial charge in [0.25, 0.3) is 5.91 Å². The Hall–Kier alpha value is -2.30. The molecule has 0 saturated carbocycles. The molecule has 10 heteroatoms. The fraction of sp³-hybridized carbons (Fsp3) is 0.545. The first-order chi connectivity index (χ1) is 15.5.